The molecule has 0 unspecified atom stereocenters. The molecule has 2 heterocycles. The van der Waals surface area contributed by atoms with Gasteiger partial charge < -0.3 is 14.5 Å². The number of anilines is 1. The summed E-state index contributed by atoms with van der Waals surface area (Å²) >= 11 is 6.13. The zero-order chi connectivity index (χ0) is 23.6. The van der Waals surface area contributed by atoms with Crippen molar-refractivity contribution < 1.29 is 22.7 Å². The molecule has 8 heteroatoms. The Hall–Kier alpha value is -2.25. The predicted octanol–water partition coefficient (Wildman–Crippen LogP) is 5.86. The average Bonchev–Trinajstić information content (AvgIpc) is 3.33. The van der Waals surface area contributed by atoms with Crippen LogP contribution in [0.2, 0.25) is 5.02 Å². The lowest BCUT2D eigenvalue weighted by molar-refractivity contribution is -0.137. The van der Waals surface area contributed by atoms with E-state index in [0.717, 1.165) is 38.1 Å². The van der Waals surface area contributed by atoms with Gasteiger partial charge in [-0.25, -0.2) is 0 Å². The quantitative estimate of drug-likeness (QED) is 0.485. The number of halogens is 4. The van der Waals surface area contributed by atoms with Gasteiger partial charge in [-0.15, -0.1) is 0 Å². The number of piperidine rings is 1. The molecule has 2 aromatic carbocycles. The second kappa shape index (κ2) is 9.94. The van der Waals surface area contributed by atoms with Crippen LogP contribution in [0.5, 0.6) is 5.75 Å². The lowest BCUT2D eigenvalue weighted by Crippen LogP contribution is -2.44. The maximum absolute atomic E-state index is 13.6. The first-order chi connectivity index (χ1) is 15.7. The molecule has 2 fully saturated rings. The molecule has 2 aliphatic rings. The van der Waals surface area contributed by atoms with Crippen LogP contribution in [-0.4, -0.2) is 50.0 Å². The van der Waals surface area contributed by atoms with Gasteiger partial charge in [-0.1, -0.05) is 17.7 Å². The van der Waals surface area contributed by atoms with E-state index in [1.807, 2.05) is 4.90 Å². The monoisotopic (exact) mass is 480 g/mol. The molecule has 0 spiro atoms. The minimum Gasteiger partial charge on any atom is -0.495 e. The Balaban J connectivity index is 1.54. The van der Waals surface area contributed by atoms with Crippen molar-refractivity contribution in [1.29, 1.82) is 0 Å². The molecular formula is C25H28ClF3N2O2. The van der Waals surface area contributed by atoms with Crippen molar-refractivity contribution in [3.63, 3.8) is 0 Å². The van der Waals surface area contributed by atoms with Gasteiger partial charge in [-0.2, -0.15) is 13.2 Å². The summed E-state index contributed by atoms with van der Waals surface area (Å²) in [4.78, 5) is 17.4. The Bertz CT molecular complexity index is 998. The maximum Gasteiger partial charge on any atom is 0.416 e. The van der Waals surface area contributed by atoms with Crippen LogP contribution in [-0.2, 0) is 12.6 Å². The molecule has 0 saturated carbocycles. The average molecular weight is 481 g/mol. The third-order valence-corrected chi connectivity index (χ3v) is 6.93. The highest BCUT2D eigenvalue weighted by Gasteiger charge is 2.33. The standard InChI is InChI=1S/C25H28ClF3N2O2/c1-33-24-5-4-17(12-22(24)26)13-23(32)18-14-19(25(27,28)29)16-21(15-18)31-10-6-20(7-11-31)30-8-2-3-9-30/h4-5,12,14-16,20H,2-3,6-11,13H2,1H3. The number of Topliss-reactive ketones (excluding diaryl/α,β-unsaturated/α-hetero) is 1. The number of ketones is 1. The summed E-state index contributed by atoms with van der Waals surface area (Å²) in [6.07, 6.45) is -0.283. The number of ether oxygens (including phenoxy) is 1. The van der Waals surface area contributed by atoms with Crippen LogP contribution in [0.3, 0.4) is 0 Å². The van der Waals surface area contributed by atoms with Gasteiger partial charge >= 0.3 is 6.18 Å². The first kappa shape index (κ1) is 23.9. The molecule has 0 amide bonds. The van der Waals surface area contributed by atoms with E-state index < -0.39 is 11.7 Å². The Labute approximate surface area is 197 Å². The van der Waals surface area contributed by atoms with Crippen molar-refractivity contribution in [2.75, 3.05) is 38.2 Å². The highest BCUT2D eigenvalue weighted by atomic mass is 35.5. The molecule has 2 saturated heterocycles. The Morgan fingerprint density at radius 3 is 2.36 bits per heavy atom. The first-order valence-electron chi connectivity index (χ1n) is 11.3. The minimum absolute atomic E-state index is 0.0402. The van der Waals surface area contributed by atoms with E-state index >= 15 is 0 Å². The number of carbonyl (C=O) groups excluding carboxylic acids is 1. The van der Waals surface area contributed by atoms with E-state index in [9.17, 15) is 18.0 Å². The van der Waals surface area contributed by atoms with Crippen LogP contribution in [0.25, 0.3) is 0 Å². The van der Waals surface area contributed by atoms with Gasteiger partial charge in [0, 0.05) is 36.8 Å². The first-order valence-corrected chi connectivity index (χ1v) is 11.7. The van der Waals surface area contributed by atoms with Gasteiger partial charge in [0.2, 0.25) is 0 Å². The van der Waals surface area contributed by atoms with Crippen LogP contribution < -0.4 is 9.64 Å². The van der Waals surface area contributed by atoms with E-state index in [4.69, 9.17) is 16.3 Å². The molecule has 0 aliphatic carbocycles. The van der Waals surface area contributed by atoms with Crippen molar-refractivity contribution in [3.05, 3.63) is 58.1 Å². The molecule has 4 nitrogen and oxygen atoms in total. The number of benzene rings is 2. The molecule has 0 aromatic heterocycles. The summed E-state index contributed by atoms with van der Waals surface area (Å²) in [6, 6.07) is 9.16. The summed E-state index contributed by atoms with van der Waals surface area (Å²) in [7, 11) is 1.49. The molecule has 0 radical (unpaired) electrons. The van der Waals surface area contributed by atoms with Crippen LogP contribution in [0.4, 0.5) is 18.9 Å². The molecular weight excluding hydrogens is 453 g/mol. The lowest BCUT2D eigenvalue weighted by atomic mass is 9.98. The number of hydrogen-bond donors (Lipinski definition) is 0. The van der Waals surface area contributed by atoms with Crippen molar-refractivity contribution in [2.24, 2.45) is 0 Å². The minimum atomic E-state index is -4.53. The number of hydrogen-bond acceptors (Lipinski definition) is 4. The third-order valence-electron chi connectivity index (χ3n) is 6.63. The van der Waals surface area contributed by atoms with E-state index in [-0.39, 0.29) is 17.8 Å². The molecule has 0 N–H and O–H groups in total. The Morgan fingerprint density at radius 2 is 1.76 bits per heavy atom. The zero-order valence-electron chi connectivity index (χ0n) is 18.6. The number of methoxy groups -OCH3 is 1. The third kappa shape index (κ3) is 5.64. The molecule has 2 aromatic rings. The lowest BCUT2D eigenvalue weighted by Gasteiger charge is -2.38. The normalized spacial score (nSPS) is 18.0. The van der Waals surface area contributed by atoms with Gasteiger partial charge in [0.05, 0.1) is 17.7 Å². The molecule has 178 valence electrons. The second-order valence-electron chi connectivity index (χ2n) is 8.80. The number of likely N-dealkylation sites (tertiary alicyclic amines) is 1. The van der Waals surface area contributed by atoms with Crippen LogP contribution >= 0.6 is 11.6 Å². The summed E-state index contributed by atoms with van der Waals surface area (Å²) in [5.74, 6) is 0.0992. The Morgan fingerprint density at radius 1 is 1.06 bits per heavy atom. The van der Waals surface area contributed by atoms with Crippen molar-refractivity contribution >= 4 is 23.1 Å². The van der Waals surface area contributed by atoms with Gasteiger partial charge in [0.25, 0.3) is 0 Å². The summed E-state index contributed by atoms with van der Waals surface area (Å²) < 4.78 is 46.0. The van der Waals surface area contributed by atoms with E-state index in [1.165, 1.54) is 20.0 Å². The van der Waals surface area contributed by atoms with Crippen LogP contribution in [0.1, 0.15) is 47.2 Å². The van der Waals surface area contributed by atoms with Crippen molar-refractivity contribution in [2.45, 2.75) is 44.3 Å². The molecule has 0 bridgehead atoms. The van der Waals surface area contributed by atoms with Gasteiger partial charge in [-0.05, 0) is 74.7 Å². The van der Waals surface area contributed by atoms with Gasteiger partial charge in [0.15, 0.2) is 5.78 Å². The molecule has 4 rings (SSSR count). The number of carbonyl (C=O) groups is 1. The fourth-order valence-corrected chi connectivity index (χ4v) is 5.10. The second-order valence-corrected chi connectivity index (χ2v) is 9.20. The summed E-state index contributed by atoms with van der Waals surface area (Å²) in [5.41, 5.74) is 0.350. The molecule has 0 atom stereocenters. The largest absolute Gasteiger partial charge is 0.495 e. The number of nitrogens with zero attached hydrogens (tertiary/aromatic N) is 2. The fourth-order valence-electron chi connectivity index (χ4n) is 4.82. The summed E-state index contributed by atoms with van der Waals surface area (Å²) in [5, 5.41) is 0.355. The maximum atomic E-state index is 13.6. The number of rotatable bonds is 6. The topological polar surface area (TPSA) is 32.8 Å². The van der Waals surface area contributed by atoms with Crippen molar-refractivity contribution in [3.8, 4) is 5.75 Å². The van der Waals surface area contributed by atoms with E-state index in [0.29, 0.717) is 41.2 Å². The highest BCUT2D eigenvalue weighted by molar-refractivity contribution is 6.32. The van der Waals surface area contributed by atoms with Gasteiger partial charge in [0.1, 0.15) is 5.75 Å². The zero-order valence-corrected chi connectivity index (χ0v) is 19.4. The molecule has 33 heavy (non-hydrogen) atoms. The van der Waals surface area contributed by atoms with Crippen LogP contribution in [0.15, 0.2) is 36.4 Å². The van der Waals surface area contributed by atoms with Crippen molar-refractivity contribution in [1.82, 2.24) is 4.90 Å². The highest BCUT2D eigenvalue weighted by Crippen LogP contribution is 2.35. The smallest absolute Gasteiger partial charge is 0.416 e. The van der Waals surface area contributed by atoms with Crippen LogP contribution in [0, 0.1) is 0 Å². The van der Waals surface area contributed by atoms with E-state index in [1.54, 1.807) is 24.3 Å². The Kier molecular flexibility index (Phi) is 7.19. The van der Waals surface area contributed by atoms with E-state index in [2.05, 4.69) is 4.90 Å². The molecule has 2 aliphatic heterocycles. The fraction of sp³-hybridized carbons (Fsp3) is 0.480. The summed E-state index contributed by atoms with van der Waals surface area (Å²) in [6.45, 7) is 3.60. The number of alkyl halides is 3. The SMILES string of the molecule is COc1ccc(CC(=O)c2cc(N3CCC(N4CCCC4)CC3)cc(C(F)(F)F)c2)cc1Cl. The predicted molar refractivity (Wildman–Crippen MR) is 124 cm³/mol. The van der Waals surface area contributed by atoms with Gasteiger partial charge in [-0.3, -0.25) is 4.79 Å².